The van der Waals surface area contributed by atoms with Crippen LogP contribution < -0.4 is 10.1 Å². The molecule has 0 saturated heterocycles. The molecule has 0 saturated carbocycles. The molecule has 0 spiro atoms. The predicted octanol–water partition coefficient (Wildman–Crippen LogP) is 3.23. The minimum absolute atomic E-state index is 0.0470. The van der Waals surface area contributed by atoms with Crippen LogP contribution in [0.5, 0.6) is 5.75 Å². The molecule has 1 aromatic heterocycles. The van der Waals surface area contributed by atoms with Gasteiger partial charge in [-0.15, -0.1) is 11.3 Å². The van der Waals surface area contributed by atoms with E-state index in [1.165, 1.54) is 5.38 Å². The number of nitrogens with one attached hydrogen (secondary N) is 1. The van der Waals surface area contributed by atoms with Crippen LogP contribution in [0, 0.1) is 0 Å². The van der Waals surface area contributed by atoms with Crippen LogP contribution in [-0.2, 0) is 11.3 Å². The average Bonchev–Trinajstić information content (AvgIpc) is 2.98. The maximum atomic E-state index is 12.0. The van der Waals surface area contributed by atoms with E-state index < -0.39 is 12.1 Å². The van der Waals surface area contributed by atoms with Gasteiger partial charge in [0.25, 0.3) is 5.91 Å². The molecule has 1 aromatic carbocycles. The number of carboxylic acid groups (broad SMARTS) is 1. The topological polar surface area (TPSA) is 88.5 Å². The average molecular weight is 375 g/mol. The Balaban J connectivity index is 1.92. The number of rotatable bonds is 6. The first-order chi connectivity index (χ1) is 10.9. The number of hydrogen-bond donors (Lipinski definition) is 2. The van der Waals surface area contributed by atoms with Gasteiger partial charge in [-0.05, 0) is 19.1 Å². The lowest BCUT2D eigenvalue weighted by Gasteiger charge is -2.15. The van der Waals surface area contributed by atoms with Crippen LogP contribution in [0.3, 0.4) is 0 Å². The molecule has 6 nitrogen and oxygen atoms in total. The number of aromatic carboxylic acids is 1. The van der Waals surface area contributed by atoms with Gasteiger partial charge in [0.05, 0.1) is 11.6 Å². The molecule has 23 heavy (non-hydrogen) atoms. The van der Waals surface area contributed by atoms with Crippen LogP contribution in [0.25, 0.3) is 0 Å². The highest BCUT2D eigenvalue weighted by atomic mass is 35.5. The summed E-state index contributed by atoms with van der Waals surface area (Å²) in [6.07, 6.45) is -0.801. The molecule has 122 valence electrons. The highest BCUT2D eigenvalue weighted by molar-refractivity contribution is 7.09. The number of aromatic nitrogens is 1. The molecular weight excluding hydrogens is 363 g/mol. The van der Waals surface area contributed by atoms with Gasteiger partial charge < -0.3 is 15.2 Å². The SMILES string of the molecule is C[C@H](Oc1cccc(Cl)c1Cl)C(=O)NCc1nc(C(=O)O)cs1. The molecular formula is C14H12Cl2N2O4S. The summed E-state index contributed by atoms with van der Waals surface area (Å²) in [5.41, 5.74) is -0.0470. The zero-order valence-electron chi connectivity index (χ0n) is 11.9. The van der Waals surface area contributed by atoms with Gasteiger partial charge in [-0.3, -0.25) is 4.79 Å². The smallest absolute Gasteiger partial charge is 0.355 e. The summed E-state index contributed by atoms with van der Waals surface area (Å²) in [7, 11) is 0. The van der Waals surface area contributed by atoms with Gasteiger partial charge in [0.1, 0.15) is 15.8 Å². The molecule has 0 aliphatic carbocycles. The van der Waals surface area contributed by atoms with Gasteiger partial charge in [-0.25, -0.2) is 9.78 Å². The summed E-state index contributed by atoms with van der Waals surface area (Å²) in [5, 5.41) is 13.9. The van der Waals surface area contributed by atoms with Crippen molar-refractivity contribution in [1.29, 1.82) is 0 Å². The second kappa shape index (κ2) is 7.63. The van der Waals surface area contributed by atoms with Crippen molar-refractivity contribution in [3.8, 4) is 5.75 Å². The second-order valence-electron chi connectivity index (χ2n) is 4.46. The number of thiazole rings is 1. The standard InChI is InChI=1S/C14H12Cl2N2O4S/c1-7(22-10-4-2-3-8(15)12(10)16)13(19)17-5-11-18-9(6-23-11)14(20)21/h2-4,6-7H,5H2,1H3,(H,17,19)(H,20,21)/t7-/m0/s1. The van der Waals surface area contributed by atoms with Crippen molar-refractivity contribution >= 4 is 46.4 Å². The number of ether oxygens (including phenoxy) is 1. The van der Waals surface area contributed by atoms with Crippen LogP contribution in [-0.4, -0.2) is 28.1 Å². The number of carbonyl (C=O) groups excluding carboxylic acids is 1. The third-order valence-electron chi connectivity index (χ3n) is 2.77. The molecule has 1 atom stereocenters. The minimum atomic E-state index is -1.11. The molecule has 0 aliphatic rings. The van der Waals surface area contributed by atoms with Gasteiger partial charge in [0.2, 0.25) is 0 Å². The summed E-state index contributed by atoms with van der Waals surface area (Å²) in [6.45, 7) is 1.69. The summed E-state index contributed by atoms with van der Waals surface area (Å²) < 4.78 is 5.48. The summed E-state index contributed by atoms with van der Waals surface area (Å²) >= 11 is 13.0. The zero-order valence-corrected chi connectivity index (χ0v) is 14.2. The summed E-state index contributed by atoms with van der Waals surface area (Å²) in [5.74, 6) is -1.18. The monoisotopic (exact) mass is 374 g/mol. The van der Waals surface area contributed by atoms with E-state index >= 15 is 0 Å². The Morgan fingerprint density at radius 1 is 1.43 bits per heavy atom. The summed E-state index contributed by atoms with van der Waals surface area (Å²) in [4.78, 5) is 26.6. The first kappa shape index (κ1) is 17.5. The third kappa shape index (κ3) is 4.57. The van der Waals surface area contributed by atoms with E-state index in [1.807, 2.05) is 0 Å². The maximum absolute atomic E-state index is 12.0. The molecule has 9 heteroatoms. The van der Waals surface area contributed by atoms with Crippen LogP contribution in [0.2, 0.25) is 10.0 Å². The number of hydrogen-bond acceptors (Lipinski definition) is 5. The van der Waals surface area contributed by atoms with Crippen LogP contribution in [0.1, 0.15) is 22.4 Å². The van der Waals surface area contributed by atoms with Crippen molar-refractivity contribution in [3.05, 3.63) is 44.3 Å². The fourth-order valence-electron chi connectivity index (χ4n) is 1.62. The quantitative estimate of drug-likeness (QED) is 0.809. The van der Waals surface area contributed by atoms with Crippen molar-refractivity contribution in [2.24, 2.45) is 0 Å². The lowest BCUT2D eigenvalue weighted by atomic mass is 10.3. The van der Waals surface area contributed by atoms with E-state index in [2.05, 4.69) is 10.3 Å². The Hall–Kier alpha value is -1.83. The van der Waals surface area contributed by atoms with E-state index in [9.17, 15) is 9.59 Å². The number of nitrogens with zero attached hydrogens (tertiary/aromatic N) is 1. The first-order valence-electron chi connectivity index (χ1n) is 6.44. The molecule has 2 rings (SSSR count). The van der Waals surface area contributed by atoms with Crippen LogP contribution >= 0.6 is 34.5 Å². The first-order valence-corrected chi connectivity index (χ1v) is 8.08. The van der Waals surface area contributed by atoms with Gasteiger partial charge in [0, 0.05) is 5.38 Å². The Morgan fingerprint density at radius 3 is 2.83 bits per heavy atom. The number of benzene rings is 1. The lowest BCUT2D eigenvalue weighted by Crippen LogP contribution is -2.35. The molecule has 1 heterocycles. The maximum Gasteiger partial charge on any atom is 0.355 e. The fourth-order valence-corrected chi connectivity index (χ4v) is 2.66. The molecule has 0 unspecified atom stereocenters. The van der Waals surface area contributed by atoms with Crippen LogP contribution in [0.15, 0.2) is 23.6 Å². The van der Waals surface area contributed by atoms with Gasteiger partial charge >= 0.3 is 5.97 Å². The summed E-state index contributed by atoms with van der Waals surface area (Å²) in [6, 6.07) is 4.89. The number of carbonyl (C=O) groups is 2. The van der Waals surface area contributed by atoms with E-state index in [-0.39, 0.29) is 23.2 Å². The van der Waals surface area contributed by atoms with Crippen molar-refractivity contribution in [1.82, 2.24) is 10.3 Å². The van der Waals surface area contributed by atoms with Crippen molar-refractivity contribution in [2.75, 3.05) is 0 Å². The molecule has 2 N–H and O–H groups in total. The fraction of sp³-hybridized carbons (Fsp3) is 0.214. The molecule has 0 radical (unpaired) electrons. The van der Waals surface area contributed by atoms with Gasteiger partial charge in [-0.2, -0.15) is 0 Å². The van der Waals surface area contributed by atoms with Gasteiger partial charge in [-0.1, -0.05) is 29.3 Å². The predicted molar refractivity (Wildman–Crippen MR) is 87.5 cm³/mol. The number of carboxylic acids is 1. The molecule has 0 bridgehead atoms. The van der Waals surface area contributed by atoms with Crippen LogP contribution in [0.4, 0.5) is 0 Å². The number of amides is 1. The van der Waals surface area contributed by atoms with E-state index in [1.54, 1.807) is 25.1 Å². The van der Waals surface area contributed by atoms with E-state index in [0.29, 0.717) is 15.8 Å². The Bertz CT molecular complexity index is 735. The normalized spacial score (nSPS) is 11.8. The largest absolute Gasteiger partial charge is 0.479 e. The minimum Gasteiger partial charge on any atom is -0.479 e. The highest BCUT2D eigenvalue weighted by Gasteiger charge is 2.17. The Labute approximate surface area is 146 Å². The van der Waals surface area contributed by atoms with E-state index in [4.69, 9.17) is 33.0 Å². The molecule has 2 aromatic rings. The third-order valence-corrected chi connectivity index (χ3v) is 4.42. The van der Waals surface area contributed by atoms with Crippen molar-refractivity contribution < 1.29 is 19.4 Å². The van der Waals surface area contributed by atoms with E-state index in [0.717, 1.165) is 11.3 Å². The zero-order chi connectivity index (χ0) is 17.0. The van der Waals surface area contributed by atoms with Crippen molar-refractivity contribution in [2.45, 2.75) is 19.6 Å². The Kier molecular flexibility index (Phi) is 5.81. The molecule has 0 fully saturated rings. The Morgan fingerprint density at radius 2 is 2.17 bits per heavy atom. The van der Waals surface area contributed by atoms with Gasteiger partial charge in [0.15, 0.2) is 11.8 Å². The molecule has 1 amide bonds. The second-order valence-corrected chi connectivity index (χ2v) is 6.19. The highest BCUT2D eigenvalue weighted by Crippen LogP contribution is 2.32. The lowest BCUT2D eigenvalue weighted by molar-refractivity contribution is -0.127. The molecule has 0 aliphatic heterocycles. The van der Waals surface area contributed by atoms with Crippen molar-refractivity contribution in [3.63, 3.8) is 0 Å². The number of halogens is 2.